The largest absolute Gasteiger partial charge is 0.481 e. The summed E-state index contributed by atoms with van der Waals surface area (Å²) in [4.78, 5) is 22.9. The Morgan fingerprint density at radius 3 is 2.63 bits per heavy atom. The molecule has 0 aliphatic carbocycles. The van der Waals surface area contributed by atoms with Gasteiger partial charge in [-0.05, 0) is 30.7 Å². The number of benzene rings is 1. The van der Waals surface area contributed by atoms with Crippen molar-refractivity contribution < 1.29 is 14.7 Å². The molecule has 0 atom stereocenters. The van der Waals surface area contributed by atoms with Gasteiger partial charge in [-0.25, -0.2) is 0 Å². The molecule has 140 valence electrons. The molecule has 0 aliphatic rings. The molecule has 0 spiro atoms. The van der Waals surface area contributed by atoms with Crippen molar-refractivity contribution in [1.29, 1.82) is 0 Å². The zero-order valence-electron chi connectivity index (χ0n) is 14.6. The van der Waals surface area contributed by atoms with E-state index in [1.54, 1.807) is 18.3 Å². The van der Waals surface area contributed by atoms with Crippen molar-refractivity contribution in [2.24, 2.45) is 0 Å². The minimum atomic E-state index is -0.914. The molecule has 2 aromatic heterocycles. The first kappa shape index (κ1) is 18.8. The van der Waals surface area contributed by atoms with Gasteiger partial charge in [-0.3, -0.25) is 19.0 Å². The number of hydrogen-bond donors (Lipinski definition) is 2. The third-order valence-electron chi connectivity index (χ3n) is 3.90. The summed E-state index contributed by atoms with van der Waals surface area (Å²) in [5, 5.41) is 19.9. The van der Waals surface area contributed by atoms with Crippen LogP contribution in [0.4, 0.5) is 5.82 Å². The molecule has 0 fully saturated rings. The minimum Gasteiger partial charge on any atom is -0.481 e. The summed E-state index contributed by atoms with van der Waals surface area (Å²) in [5.74, 6) is -0.865. The number of aromatic nitrogens is 4. The van der Waals surface area contributed by atoms with Crippen LogP contribution in [0.3, 0.4) is 0 Å². The van der Waals surface area contributed by atoms with E-state index in [0.717, 1.165) is 15.7 Å². The molecular formula is C18H18BrN5O3. The van der Waals surface area contributed by atoms with Crippen molar-refractivity contribution in [1.82, 2.24) is 19.6 Å². The lowest BCUT2D eigenvalue weighted by Crippen LogP contribution is -2.14. The number of nitrogens with one attached hydrogen (secondary N) is 1. The molecule has 0 unspecified atom stereocenters. The molecule has 0 radical (unpaired) electrons. The van der Waals surface area contributed by atoms with Crippen molar-refractivity contribution in [3.8, 4) is 0 Å². The Morgan fingerprint density at radius 2 is 1.93 bits per heavy atom. The Balaban J connectivity index is 1.64. The number of rotatable bonds is 7. The predicted molar refractivity (Wildman–Crippen MR) is 103 cm³/mol. The fourth-order valence-electron chi connectivity index (χ4n) is 2.49. The summed E-state index contributed by atoms with van der Waals surface area (Å²) in [6.45, 7) is 2.73. The first-order chi connectivity index (χ1) is 12.9. The number of hydrogen-bond acceptors (Lipinski definition) is 4. The van der Waals surface area contributed by atoms with Crippen LogP contribution in [-0.4, -0.2) is 36.5 Å². The molecule has 0 aliphatic heterocycles. The highest BCUT2D eigenvalue weighted by molar-refractivity contribution is 9.10. The Kier molecular flexibility index (Phi) is 5.70. The van der Waals surface area contributed by atoms with E-state index >= 15 is 0 Å². The monoisotopic (exact) mass is 431 g/mol. The maximum absolute atomic E-state index is 12.3. The summed E-state index contributed by atoms with van der Waals surface area (Å²) in [7, 11) is 0. The standard InChI is InChI=1S/C18H18BrN5O3/c1-12-10-16(22-24(12)11-13-2-4-14(19)5-3-13)20-18(27)15-6-8-23(21-15)9-7-17(25)26/h2-6,8,10H,7,9,11H2,1H3,(H,25,26)(H,20,22,27). The summed E-state index contributed by atoms with van der Waals surface area (Å²) in [5.41, 5.74) is 2.22. The quantitative estimate of drug-likeness (QED) is 0.598. The van der Waals surface area contributed by atoms with Crippen molar-refractivity contribution >= 4 is 33.6 Å². The lowest BCUT2D eigenvalue weighted by Gasteiger charge is -2.04. The van der Waals surface area contributed by atoms with Gasteiger partial charge in [0.15, 0.2) is 11.5 Å². The minimum absolute atomic E-state index is 0.0532. The van der Waals surface area contributed by atoms with Gasteiger partial charge in [0.25, 0.3) is 5.91 Å². The first-order valence-corrected chi connectivity index (χ1v) is 9.05. The smallest absolute Gasteiger partial charge is 0.305 e. The lowest BCUT2D eigenvalue weighted by atomic mass is 10.2. The zero-order chi connectivity index (χ0) is 19.4. The van der Waals surface area contributed by atoms with Crippen LogP contribution in [0.2, 0.25) is 0 Å². The number of anilines is 1. The number of nitrogens with zero attached hydrogens (tertiary/aromatic N) is 4. The fourth-order valence-corrected chi connectivity index (χ4v) is 2.76. The van der Waals surface area contributed by atoms with Gasteiger partial charge in [0, 0.05) is 22.4 Å². The normalized spacial score (nSPS) is 10.7. The van der Waals surface area contributed by atoms with E-state index in [1.165, 1.54) is 4.68 Å². The number of carbonyl (C=O) groups is 2. The van der Waals surface area contributed by atoms with Gasteiger partial charge >= 0.3 is 5.97 Å². The van der Waals surface area contributed by atoms with Crippen LogP contribution in [0.1, 0.15) is 28.2 Å². The molecule has 3 aromatic rings. The van der Waals surface area contributed by atoms with Gasteiger partial charge in [-0.2, -0.15) is 10.2 Å². The van der Waals surface area contributed by atoms with Crippen LogP contribution < -0.4 is 5.32 Å². The van der Waals surface area contributed by atoms with Gasteiger partial charge in [-0.15, -0.1) is 0 Å². The highest BCUT2D eigenvalue weighted by Crippen LogP contribution is 2.15. The topological polar surface area (TPSA) is 102 Å². The maximum atomic E-state index is 12.3. The summed E-state index contributed by atoms with van der Waals surface area (Å²) in [6.07, 6.45) is 1.53. The van der Waals surface area contributed by atoms with E-state index in [1.807, 2.05) is 35.9 Å². The molecule has 1 amide bonds. The summed E-state index contributed by atoms with van der Waals surface area (Å²) >= 11 is 3.41. The molecule has 0 saturated heterocycles. The van der Waals surface area contributed by atoms with E-state index in [4.69, 9.17) is 5.11 Å². The van der Waals surface area contributed by atoms with Gasteiger partial charge < -0.3 is 10.4 Å². The van der Waals surface area contributed by atoms with Crippen LogP contribution in [0.25, 0.3) is 0 Å². The molecule has 8 nitrogen and oxygen atoms in total. The van der Waals surface area contributed by atoms with Crippen LogP contribution >= 0.6 is 15.9 Å². The van der Waals surface area contributed by atoms with Crippen molar-refractivity contribution in [2.75, 3.05) is 5.32 Å². The molecule has 2 heterocycles. The van der Waals surface area contributed by atoms with E-state index in [0.29, 0.717) is 12.4 Å². The predicted octanol–water partition coefficient (Wildman–Crippen LogP) is 2.93. The number of halogens is 1. The number of carbonyl (C=O) groups excluding carboxylic acids is 1. The van der Waals surface area contributed by atoms with Crippen molar-refractivity contribution in [2.45, 2.75) is 26.4 Å². The van der Waals surface area contributed by atoms with Gasteiger partial charge in [0.05, 0.1) is 19.5 Å². The van der Waals surface area contributed by atoms with Crippen molar-refractivity contribution in [3.05, 3.63) is 64.0 Å². The molecule has 3 rings (SSSR count). The molecule has 2 N–H and O–H groups in total. The third-order valence-corrected chi connectivity index (χ3v) is 4.43. The van der Waals surface area contributed by atoms with E-state index in [2.05, 4.69) is 31.4 Å². The second kappa shape index (κ2) is 8.17. The second-order valence-corrected chi connectivity index (χ2v) is 6.93. The fraction of sp³-hybridized carbons (Fsp3) is 0.222. The molecule has 0 bridgehead atoms. The summed E-state index contributed by atoms with van der Waals surface area (Å²) < 4.78 is 4.25. The van der Waals surface area contributed by atoms with Crippen molar-refractivity contribution in [3.63, 3.8) is 0 Å². The highest BCUT2D eigenvalue weighted by Gasteiger charge is 2.13. The molecule has 27 heavy (non-hydrogen) atoms. The molecule has 0 saturated carbocycles. The SMILES string of the molecule is Cc1cc(NC(=O)c2ccn(CCC(=O)O)n2)nn1Cc1ccc(Br)cc1. The Hall–Kier alpha value is -2.94. The maximum Gasteiger partial charge on any atom is 0.305 e. The van der Waals surface area contributed by atoms with Gasteiger partial charge in [-0.1, -0.05) is 28.1 Å². The van der Waals surface area contributed by atoms with Gasteiger partial charge in [0.2, 0.25) is 0 Å². The van der Waals surface area contributed by atoms with Crippen LogP contribution in [0.5, 0.6) is 0 Å². The van der Waals surface area contributed by atoms with Gasteiger partial charge in [0.1, 0.15) is 0 Å². The molecular weight excluding hydrogens is 414 g/mol. The number of carboxylic acid groups (broad SMARTS) is 1. The van der Waals surface area contributed by atoms with Crippen LogP contribution in [0.15, 0.2) is 47.1 Å². The number of aliphatic carboxylic acids is 1. The number of amides is 1. The van der Waals surface area contributed by atoms with E-state index < -0.39 is 11.9 Å². The number of carboxylic acids is 1. The van der Waals surface area contributed by atoms with Crippen LogP contribution in [-0.2, 0) is 17.9 Å². The third kappa shape index (κ3) is 5.04. The average Bonchev–Trinajstić information content (AvgIpc) is 3.22. The Morgan fingerprint density at radius 1 is 1.19 bits per heavy atom. The lowest BCUT2D eigenvalue weighted by molar-refractivity contribution is -0.137. The van der Waals surface area contributed by atoms with E-state index in [9.17, 15) is 9.59 Å². The first-order valence-electron chi connectivity index (χ1n) is 8.26. The molecule has 1 aromatic carbocycles. The van der Waals surface area contributed by atoms with E-state index in [-0.39, 0.29) is 18.7 Å². The molecule has 9 heteroatoms. The average molecular weight is 432 g/mol. The Bertz CT molecular complexity index is 962. The Labute approximate surface area is 163 Å². The summed E-state index contributed by atoms with van der Waals surface area (Å²) in [6, 6.07) is 11.3. The highest BCUT2D eigenvalue weighted by atomic mass is 79.9. The zero-order valence-corrected chi connectivity index (χ0v) is 16.2. The van der Waals surface area contributed by atoms with Crippen LogP contribution in [0, 0.1) is 6.92 Å². The number of aryl methyl sites for hydroxylation is 2. The second-order valence-electron chi connectivity index (χ2n) is 6.02.